The van der Waals surface area contributed by atoms with E-state index in [4.69, 9.17) is 16.3 Å². The highest BCUT2D eigenvalue weighted by Crippen LogP contribution is 2.38. The van der Waals surface area contributed by atoms with Gasteiger partial charge in [-0.25, -0.2) is 4.79 Å². The molecule has 0 aliphatic carbocycles. The maximum absolute atomic E-state index is 12.9. The van der Waals surface area contributed by atoms with Gasteiger partial charge in [0.25, 0.3) is 5.91 Å². The minimum atomic E-state index is -0.854. The van der Waals surface area contributed by atoms with E-state index < -0.39 is 18.0 Å². The Morgan fingerprint density at radius 2 is 2.00 bits per heavy atom. The Bertz CT molecular complexity index is 942. The molecule has 0 fully saturated rings. The van der Waals surface area contributed by atoms with Crippen LogP contribution in [-0.4, -0.2) is 24.2 Å². The Labute approximate surface area is 161 Å². The number of carbonyl (C=O) groups is 2. The quantitative estimate of drug-likeness (QED) is 0.646. The molecule has 1 atom stereocenters. The molecule has 0 aromatic heterocycles. The lowest BCUT2D eigenvalue weighted by Crippen LogP contribution is -2.46. The lowest BCUT2D eigenvalue weighted by Gasteiger charge is -2.29. The molecule has 1 heterocycles. The van der Waals surface area contributed by atoms with Crippen LogP contribution in [0.3, 0.4) is 0 Å². The van der Waals surface area contributed by atoms with Gasteiger partial charge in [0.1, 0.15) is 0 Å². The number of para-hydroxylation sites is 1. The number of amides is 3. The van der Waals surface area contributed by atoms with Crippen molar-refractivity contribution in [1.29, 1.82) is 0 Å². The van der Waals surface area contributed by atoms with Crippen molar-refractivity contribution in [2.75, 3.05) is 12.4 Å². The van der Waals surface area contributed by atoms with Crippen LogP contribution in [0, 0.1) is 0 Å². The van der Waals surface area contributed by atoms with E-state index in [1.165, 1.54) is 7.11 Å². The van der Waals surface area contributed by atoms with Crippen LogP contribution in [0.4, 0.5) is 10.5 Å². The highest BCUT2D eigenvalue weighted by molar-refractivity contribution is 6.31. The van der Waals surface area contributed by atoms with Crippen molar-refractivity contribution in [1.82, 2.24) is 10.6 Å². The van der Waals surface area contributed by atoms with Gasteiger partial charge in [0.2, 0.25) is 0 Å². The minimum Gasteiger partial charge on any atom is -0.504 e. The number of carbonyl (C=O) groups excluding carboxylic acids is 2. The molecule has 3 rings (SSSR count). The van der Waals surface area contributed by atoms with Crippen LogP contribution in [0.1, 0.15) is 18.5 Å². The first kappa shape index (κ1) is 18.6. The second kappa shape index (κ2) is 7.59. The van der Waals surface area contributed by atoms with Crippen LogP contribution in [0.15, 0.2) is 53.7 Å². The fourth-order valence-electron chi connectivity index (χ4n) is 2.93. The summed E-state index contributed by atoms with van der Waals surface area (Å²) in [6.07, 6.45) is 0. The van der Waals surface area contributed by atoms with Gasteiger partial charge in [0, 0.05) is 22.0 Å². The number of ether oxygens (including phenoxy) is 1. The van der Waals surface area contributed by atoms with Gasteiger partial charge < -0.3 is 25.8 Å². The van der Waals surface area contributed by atoms with Crippen molar-refractivity contribution in [3.8, 4) is 11.5 Å². The number of anilines is 1. The van der Waals surface area contributed by atoms with Crippen molar-refractivity contribution in [2.45, 2.75) is 13.0 Å². The molecule has 1 unspecified atom stereocenters. The molecule has 8 heteroatoms. The first-order valence-electron chi connectivity index (χ1n) is 8.11. The lowest BCUT2D eigenvalue weighted by molar-refractivity contribution is -0.113. The average Bonchev–Trinajstić information content (AvgIpc) is 2.61. The van der Waals surface area contributed by atoms with E-state index in [1.807, 2.05) is 0 Å². The largest absolute Gasteiger partial charge is 0.504 e. The summed E-state index contributed by atoms with van der Waals surface area (Å²) in [6, 6.07) is 10.3. The second-order valence-corrected chi connectivity index (χ2v) is 6.37. The standard InChI is InChI=1S/C19H18ClN3O4/c1-10-15(18(25)22-12-6-3-5-11(20)9-12)16(23-19(26)21-10)13-7-4-8-14(27-2)17(13)24/h3-9,16,24H,1-2H3,(H,22,25)(H2,21,23,26). The number of nitrogens with one attached hydrogen (secondary N) is 3. The molecule has 7 nitrogen and oxygen atoms in total. The Morgan fingerprint density at radius 3 is 2.70 bits per heavy atom. The summed E-state index contributed by atoms with van der Waals surface area (Å²) in [7, 11) is 1.42. The van der Waals surface area contributed by atoms with E-state index in [1.54, 1.807) is 49.4 Å². The predicted octanol–water partition coefficient (Wildman–Crippen LogP) is 3.32. The van der Waals surface area contributed by atoms with E-state index >= 15 is 0 Å². The molecule has 0 saturated heterocycles. The van der Waals surface area contributed by atoms with Gasteiger partial charge in [0.05, 0.1) is 18.7 Å². The third-order valence-corrected chi connectivity index (χ3v) is 4.39. The highest BCUT2D eigenvalue weighted by Gasteiger charge is 2.33. The Balaban J connectivity index is 2.01. The monoisotopic (exact) mass is 387 g/mol. The third kappa shape index (κ3) is 3.83. The molecule has 0 saturated carbocycles. The molecule has 3 amide bonds. The molecule has 0 spiro atoms. The SMILES string of the molecule is COc1cccc(C2NC(=O)NC(C)=C2C(=O)Nc2cccc(Cl)c2)c1O. The highest BCUT2D eigenvalue weighted by atomic mass is 35.5. The predicted molar refractivity (Wildman–Crippen MR) is 102 cm³/mol. The number of phenols is 1. The Kier molecular flexibility index (Phi) is 5.23. The molecule has 2 aromatic rings. The van der Waals surface area contributed by atoms with Crippen LogP contribution < -0.4 is 20.7 Å². The van der Waals surface area contributed by atoms with Crippen molar-refractivity contribution in [3.05, 3.63) is 64.3 Å². The summed E-state index contributed by atoms with van der Waals surface area (Å²) >= 11 is 5.96. The van der Waals surface area contributed by atoms with Gasteiger partial charge in [-0.2, -0.15) is 0 Å². The fourth-order valence-corrected chi connectivity index (χ4v) is 3.12. The minimum absolute atomic E-state index is 0.145. The second-order valence-electron chi connectivity index (χ2n) is 5.93. The number of urea groups is 1. The summed E-state index contributed by atoms with van der Waals surface area (Å²) in [4.78, 5) is 24.9. The zero-order valence-electron chi connectivity index (χ0n) is 14.7. The van der Waals surface area contributed by atoms with E-state index in [0.717, 1.165) is 0 Å². The third-order valence-electron chi connectivity index (χ3n) is 4.16. The zero-order valence-corrected chi connectivity index (χ0v) is 15.4. The molecule has 0 radical (unpaired) electrons. The first-order valence-corrected chi connectivity index (χ1v) is 8.49. The fraction of sp³-hybridized carbons (Fsp3) is 0.158. The van der Waals surface area contributed by atoms with E-state index in [9.17, 15) is 14.7 Å². The van der Waals surface area contributed by atoms with Crippen molar-refractivity contribution in [2.24, 2.45) is 0 Å². The van der Waals surface area contributed by atoms with E-state index in [-0.39, 0.29) is 17.1 Å². The number of hydrogen-bond acceptors (Lipinski definition) is 4. The van der Waals surface area contributed by atoms with Gasteiger partial charge in [-0.15, -0.1) is 0 Å². The molecule has 4 N–H and O–H groups in total. The molecule has 1 aliphatic heterocycles. The number of rotatable bonds is 4. The molecular formula is C19H18ClN3O4. The molecule has 27 heavy (non-hydrogen) atoms. The van der Waals surface area contributed by atoms with E-state index in [2.05, 4.69) is 16.0 Å². The number of allylic oxidation sites excluding steroid dienone is 1. The van der Waals surface area contributed by atoms with Crippen molar-refractivity contribution >= 4 is 29.2 Å². The van der Waals surface area contributed by atoms with Gasteiger partial charge in [-0.3, -0.25) is 4.79 Å². The van der Waals surface area contributed by atoms with Crippen LogP contribution in [0.2, 0.25) is 5.02 Å². The summed E-state index contributed by atoms with van der Waals surface area (Å²) in [5.74, 6) is -0.338. The zero-order chi connectivity index (χ0) is 19.6. The number of phenolic OH excluding ortho intramolecular Hbond substituents is 1. The summed E-state index contributed by atoms with van der Waals surface area (Å²) in [5.41, 5.74) is 1.50. The van der Waals surface area contributed by atoms with Crippen LogP contribution >= 0.6 is 11.6 Å². The molecule has 140 valence electrons. The molecule has 1 aliphatic rings. The van der Waals surface area contributed by atoms with Crippen LogP contribution in [0.5, 0.6) is 11.5 Å². The number of aromatic hydroxyl groups is 1. The van der Waals surface area contributed by atoms with Crippen molar-refractivity contribution < 1.29 is 19.4 Å². The van der Waals surface area contributed by atoms with Gasteiger partial charge in [-0.05, 0) is 31.2 Å². The summed E-state index contributed by atoms with van der Waals surface area (Å²) < 4.78 is 5.13. The number of benzene rings is 2. The van der Waals surface area contributed by atoms with Gasteiger partial charge >= 0.3 is 6.03 Å². The maximum atomic E-state index is 12.9. The van der Waals surface area contributed by atoms with Crippen LogP contribution in [-0.2, 0) is 4.79 Å². The smallest absolute Gasteiger partial charge is 0.319 e. The number of hydrogen-bond donors (Lipinski definition) is 4. The average molecular weight is 388 g/mol. The summed E-state index contributed by atoms with van der Waals surface area (Å²) in [6.45, 7) is 1.62. The molecule has 0 bridgehead atoms. The number of methoxy groups -OCH3 is 1. The number of halogens is 1. The van der Waals surface area contributed by atoms with Crippen molar-refractivity contribution in [3.63, 3.8) is 0 Å². The summed E-state index contributed by atoms with van der Waals surface area (Å²) in [5, 5.41) is 19.0. The normalized spacial score (nSPS) is 16.4. The van der Waals surface area contributed by atoms with Gasteiger partial charge in [-0.1, -0.05) is 29.8 Å². The van der Waals surface area contributed by atoms with Gasteiger partial charge in [0.15, 0.2) is 11.5 Å². The topological polar surface area (TPSA) is 99.7 Å². The maximum Gasteiger partial charge on any atom is 0.319 e. The molecular weight excluding hydrogens is 370 g/mol. The lowest BCUT2D eigenvalue weighted by atomic mass is 9.93. The van der Waals surface area contributed by atoms with E-state index in [0.29, 0.717) is 22.0 Å². The first-order chi connectivity index (χ1) is 12.9. The van der Waals surface area contributed by atoms with Crippen LogP contribution in [0.25, 0.3) is 0 Å². The Hall–Kier alpha value is -3.19. The Morgan fingerprint density at radius 1 is 1.26 bits per heavy atom. The molecule has 2 aromatic carbocycles.